The van der Waals surface area contributed by atoms with Crippen molar-refractivity contribution in [1.29, 1.82) is 0 Å². The number of ether oxygens (including phenoxy) is 1. The number of hydrogen-bond acceptors (Lipinski definition) is 2. The van der Waals surface area contributed by atoms with Gasteiger partial charge < -0.3 is 9.84 Å². The molecule has 0 aliphatic heterocycles. The third-order valence-electron chi connectivity index (χ3n) is 5.66. The van der Waals surface area contributed by atoms with Crippen molar-refractivity contribution >= 4 is 5.97 Å². The Labute approximate surface area is 126 Å². The maximum atomic E-state index is 12.0. The number of rotatable bonds is 2. The molecular weight excluding hydrogens is 264 g/mol. The first-order valence-corrected chi connectivity index (χ1v) is 7.78. The summed E-state index contributed by atoms with van der Waals surface area (Å²) in [6, 6.07) is 6.15. The van der Waals surface area contributed by atoms with E-state index in [0.717, 1.165) is 37.9 Å². The van der Waals surface area contributed by atoms with Crippen LogP contribution in [0.15, 0.2) is 18.2 Å². The Morgan fingerprint density at radius 1 is 1.29 bits per heavy atom. The first-order chi connectivity index (χ1) is 9.88. The van der Waals surface area contributed by atoms with E-state index in [9.17, 15) is 9.90 Å². The molecule has 21 heavy (non-hydrogen) atoms. The molecule has 2 aliphatic carbocycles. The first kappa shape index (κ1) is 14.4. The average molecular weight is 288 g/mol. The van der Waals surface area contributed by atoms with E-state index in [1.165, 1.54) is 11.1 Å². The van der Waals surface area contributed by atoms with Crippen molar-refractivity contribution in [3.63, 3.8) is 0 Å². The zero-order valence-corrected chi connectivity index (χ0v) is 13.1. The zero-order valence-electron chi connectivity index (χ0n) is 13.1. The van der Waals surface area contributed by atoms with E-state index in [-0.39, 0.29) is 11.3 Å². The second kappa shape index (κ2) is 4.75. The second-order valence-corrected chi connectivity index (χ2v) is 7.45. The molecule has 0 unspecified atom stereocenters. The van der Waals surface area contributed by atoms with Crippen LogP contribution in [-0.4, -0.2) is 18.2 Å². The first-order valence-electron chi connectivity index (χ1n) is 7.78. The number of aliphatic carboxylic acids is 1. The standard InChI is InChI=1S/C18H24O3/c1-17(2)8-9-18(16(19)20)7-6-12-10-13(21-3)4-5-14(12)15(18)11-17/h4-5,10,15H,6-9,11H2,1-3H3,(H,19,20)/t15-,18-/m0/s1. The van der Waals surface area contributed by atoms with Gasteiger partial charge in [-0.1, -0.05) is 19.9 Å². The molecule has 0 amide bonds. The van der Waals surface area contributed by atoms with Gasteiger partial charge in [0.2, 0.25) is 0 Å². The van der Waals surface area contributed by atoms with E-state index >= 15 is 0 Å². The smallest absolute Gasteiger partial charge is 0.310 e. The number of benzene rings is 1. The lowest BCUT2D eigenvalue weighted by atomic mass is 9.53. The van der Waals surface area contributed by atoms with E-state index in [1.54, 1.807) is 7.11 Å². The fraction of sp³-hybridized carbons (Fsp3) is 0.611. The predicted octanol–water partition coefficient (Wildman–Crippen LogP) is 4.01. The van der Waals surface area contributed by atoms with Crippen LogP contribution in [0.25, 0.3) is 0 Å². The Balaban J connectivity index is 2.08. The monoisotopic (exact) mass is 288 g/mol. The largest absolute Gasteiger partial charge is 0.497 e. The SMILES string of the molecule is COc1ccc2c(c1)CC[C@]1(C(=O)O)CCC(C)(C)C[C@@H]21. The minimum absolute atomic E-state index is 0.133. The van der Waals surface area contributed by atoms with Crippen molar-refractivity contribution in [2.75, 3.05) is 7.11 Å². The molecule has 114 valence electrons. The number of fused-ring (bicyclic) bond motifs is 3. The molecular formula is C18H24O3. The van der Waals surface area contributed by atoms with Crippen molar-refractivity contribution in [2.45, 2.75) is 51.9 Å². The Kier molecular flexibility index (Phi) is 3.27. The van der Waals surface area contributed by atoms with E-state index in [4.69, 9.17) is 4.74 Å². The molecule has 1 saturated carbocycles. The van der Waals surface area contributed by atoms with Gasteiger partial charge >= 0.3 is 5.97 Å². The van der Waals surface area contributed by atoms with Crippen molar-refractivity contribution in [3.8, 4) is 5.75 Å². The molecule has 1 aromatic carbocycles. The molecule has 0 radical (unpaired) electrons. The number of methoxy groups -OCH3 is 1. The van der Waals surface area contributed by atoms with Crippen molar-refractivity contribution in [3.05, 3.63) is 29.3 Å². The lowest BCUT2D eigenvalue weighted by molar-refractivity contribution is -0.155. The van der Waals surface area contributed by atoms with Gasteiger partial charge in [-0.25, -0.2) is 0 Å². The third-order valence-corrected chi connectivity index (χ3v) is 5.66. The van der Waals surface area contributed by atoms with Gasteiger partial charge in [-0.05, 0) is 60.8 Å². The van der Waals surface area contributed by atoms with Crippen molar-refractivity contribution < 1.29 is 14.6 Å². The number of hydrogen-bond donors (Lipinski definition) is 1. The molecule has 0 aromatic heterocycles. The fourth-order valence-corrected chi connectivity index (χ4v) is 4.28. The summed E-state index contributed by atoms with van der Waals surface area (Å²) >= 11 is 0. The molecule has 0 heterocycles. The third kappa shape index (κ3) is 2.23. The molecule has 0 bridgehead atoms. The fourth-order valence-electron chi connectivity index (χ4n) is 4.28. The van der Waals surface area contributed by atoms with Crippen LogP contribution in [0.5, 0.6) is 5.75 Å². The highest BCUT2D eigenvalue weighted by atomic mass is 16.5. The predicted molar refractivity (Wildman–Crippen MR) is 81.8 cm³/mol. The van der Waals surface area contributed by atoms with Gasteiger partial charge in [0.15, 0.2) is 0 Å². The highest BCUT2D eigenvalue weighted by Crippen LogP contribution is 2.58. The van der Waals surface area contributed by atoms with Crippen molar-refractivity contribution in [1.82, 2.24) is 0 Å². The molecule has 1 aromatic rings. The minimum atomic E-state index is -0.607. The molecule has 3 nitrogen and oxygen atoms in total. The molecule has 0 spiro atoms. The maximum absolute atomic E-state index is 12.0. The van der Waals surface area contributed by atoms with E-state index in [1.807, 2.05) is 6.07 Å². The van der Waals surface area contributed by atoms with Crippen LogP contribution in [0, 0.1) is 10.8 Å². The van der Waals surface area contributed by atoms with E-state index in [0.29, 0.717) is 0 Å². The summed E-state index contributed by atoms with van der Waals surface area (Å²) in [5.74, 6) is 0.393. The lowest BCUT2D eigenvalue weighted by Gasteiger charge is -2.50. The summed E-state index contributed by atoms with van der Waals surface area (Å²) in [7, 11) is 1.68. The van der Waals surface area contributed by atoms with Gasteiger partial charge in [0.1, 0.15) is 5.75 Å². The molecule has 3 rings (SSSR count). The van der Waals surface area contributed by atoms with Gasteiger partial charge in [0.25, 0.3) is 0 Å². The normalized spacial score (nSPS) is 30.1. The summed E-state index contributed by atoms with van der Waals surface area (Å²) in [5, 5.41) is 9.90. The highest BCUT2D eigenvalue weighted by Gasteiger charge is 2.53. The molecule has 3 heteroatoms. The summed E-state index contributed by atoms with van der Waals surface area (Å²) in [6.07, 6.45) is 4.35. The maximum Gasteiger partial charge on any atom is 0.310 e. The zero-order chi connectivity index (χ0) is 15.3. The summed E-state index contributed by atoms with van der Waals surface area (Å²) < 4.78 is 5.31. The summed E-state index contributed by atoms with van der Waals surface area (Å²) in [6.45, 7) is 4.52. The topological polar surface area (TPSA) is 46.5 Å². The van der Waals surface area contributed by atoms with Gasteiger partial charge in [0, 0.05) is 5.92 Å². The second-order valence-electron chi connectivity index (χ2n) is 7.45. The summed E-state index contributed by atoms with van der Waals surface area (Å²) in [5.41, 5.74) is 2.17. The van der Waals surface area contributed by atoms with Gasteiger partial charge in [-0.3, -0.25) is 4.79 Å². The van der Waals surface area contributed by atoms with Crippen LogP contribution < -0.4 is 4.74 Å². The highest BCUT2D eigenvalue weighted by molar-refractivity contribution is 5.77. The number of aryl methyl sites for hydroxylation is 1. The average Bonchev–Trinajstić information content (AvgIpc) is 2.45. The van der Waals surface area contributed by atoms with Crippen LogP contribution in [0.4, 0.5) is 0 Å². The Hall–Kier alpha value is -1.51. The van der Waals surface area contributed by atoms with E-state index < -0.39 is 11.4 Å². The molecule has 2 aliphatic rings. The number of carboxylic acid groups (broad SMARTS) is 1. The number of carbonyl (C=O) groups is 1. The van der Waals surface area contributed by atoms with Gasteiger partial charge in [-0.15, -0.1) is 0 Å². The Morgan fingerprint density at radius 3 is 2.71 bits per heavy atom. The molecule has 1 fully saturated rings. The van der Waals surface area contributed by atoms with E-state index in [2.05, 4.69) is 26.0 Å². The Bertz CT molecular complexity index is 576. The Morgan fingerprint density at radius 2 is 2.05 bits per heavy atom. The number of carboxylic acids is 1. The van der Waals surface area contributed by atoms with Crippen LogP contribution >= 0.6 is 0 Å². The van der Waals surface area contributed by atoms with Crippen LogP contribution in [0.3, 0.4) is 0 Å². The molecule has 2 atom stereocenters. The van der Waals surface area contributed by atoms with Crippen LogP contribution in [-0.2, 0) is 11.2 Å². The lowest BCUT2D eigenvalue weighted by Crippen LogP contribution is -2.46. The van der Waals surface area contributed by atoms with Gasteiger partial charge in [-0.2, -0.15) is 0 Å². The quantitative estimate of drug-likeness (QED) is 0.894. The summed E-state index contributed by atoms with van der Waals surface area (Å²) in [4.78, 5) is 12.0. The minimum Gasteiger partial charge on any atom is -0.497 e. The van der Waals surface area contributed by atoms with Crippen LogP contribution in [0.1, 0.15) is 56.6 Å². The van der Waals surface area contributed by atoms with Crippen LogP contribution in [0.2, 0.25) is 0 Å². The molecule has 0 saturated heterocycles. The van der Waals surface area contributed by atoms with Gasteiger partial charge in [0.05, 0.1) is 12.5 Å². The van der Waals surface area contributed by atoms with Crippen molar-refractivity contribution in [2.24, 2.45) is 10.8 Å². The molecule has 1 N–H and O–H groups in total.